The maximum atomic E-state index is 14.0. The summed E-state index contributed by atoms with van der Waals surface area (Å²) >= 11 is 0. The van der Waals surface area contributed by atoms with Crippen molar-refractivity contribution in [3.05, 3.63) is 36.3 Å². The number of hydrogen-bond donors (Lipinski definition) is 0. The minimum absolute atomic E-state index is 0.129. The molecule has 130 valence electrons. The normalized spacial score (nSPS) is 24.5. The van der Waals surface area contributed by atoms with Gasteiger partial charge in [0.25, 0.3) is 0 Å². The molecule has 1 aromatic heterocycles. The number of anilines is 1. The maximum Gasteiger partial charge on any atom is 0.246 e. The lowest BCUT2D eigenvalue weighted by atomic mass is 9.92. The van der Waals surface area contributed by atoms with Crippen LogP contribution in [0.4, 0.5) is 10.2 Å². The first kappa shape index (κ1) is 16.9. The van der Waals surface area contributed by atoms with Crippen molar-refractivity contribution in [1.82, 2.24) is 9.88 Å². The highest BCUT2D eigenvalue weighted by molar-refractivity contribution is 5.87. The van der Waals surface area contributed by atoms with Crippen LogP contribution < -0.4 is 4.90 Å². The van der Waals surface area contributed by atoms with Crippen LogP contribution >= 0.6 is 0 Å². The van der Waals surface area contributed by atoms with Gasteiger partial charge in [0.05, 0.1) is 0 Å². The number of carbonyl (C=O) groups is 1. The Bertz CT molecular complexity index is 600. The van der Waals surface area contributed by atoms with E-state index in [-0.39, 0.29) is 11.7 Å². The van der Waals surface area contributed by atoms with Crippen LogP contribution in [0.1, 0.15) is 26.7 Å². The molecule has 0 N–H and O–H groups in total. The molecule has 2 saturated heterocycles. The lowest BCUT2D eigenvalue weighted by Gasteiger charge is -2.23. The van der Waals surface area contributed by atoms with Crippen LogP contribution in [0.3, 0.4) is 0 Å². The first-order valence-electron chi connectivity index (χ1n) is 8.87. The molecule has 0 aromatic carbocycles. The van der Waals surface area contributed by atoms with Crippen molar-refractivity contribution in [2.45, 2.75) is 26.7 Å². The van der Waals surface area contributed by atoms with Gasteiger partial charge in [-0.2, -0.15) is 0 Å². The molecule has 0 aliphatic carbocycles. The average Bonchev–Trinajstić information content (AvgIpc) is 2.87. The van der Waals surface area contributed by atoms with Gasteiger partial charge in [-0.1, -0.05) is 19.9 Å². The third-order valence-corrected chi connectivity index (χ3v) is 5.09. The Morgan fingerprint density at radius 2 is 1.96 bits per heavy atom. The van der Waals surface area contributed by atoms with E-state index in [1.54, 1.807) is 18.3 Å². The molecule has 24 heavy (non-hydrogen) atoms. The van der Waals surface area contributed by atoms with Crippen molar-refractivity contribution in [1.29, 1.82) is 0 Å². The van der Waals surface area contributed by atoms with Gasteiger partial charge in [-0.3, -0.25) is 4.79 Å². The van der Waals surface area contributed by atoms with E-state index >= 15 is 0 Å². The molecule has 0 saturated carbocycles. The quantitative estimate of drug-likeness (QED) is 0.799. The molecule has 4 nitrogen and oxygen atoms in total. The zero-order chi connectivity index (χ0) is 17.1. The number of fused-ring (bicyclic) bond motifs is 1. The number of carbonyl (C=O) groups excluding carboxylic acids is 1. The Morgan fingerprint density at radius 1 is 1.29 bits per heavy atom. The fraction of sp³-hybridized carbons (Fsp3) is 0.579. The SMILES string of the molecule is CC(C)/C=C/C(=O)N1C[C@H]2CCN(c3ncccc3F)CC[C@H]2C1. The highest BCUT2D eigenvalue weighted by Gasteiger charge is 2.36. The zero-order valence-electron chi connectivity index (χ0n) is 14.5. The number of hydrogen-bond acceptors (Lipinski definition) is 3. The number of likely N-dealkylation sites (tertiary alicyclic amines) is 1. The fourth-order valence-electron chi connectivity index (χ4n) is 3.73. The van der Waals surface area contributed by atoms with Crippen LogP contribution in [0.2, 0.25) is 0 Å². The van der Waals surface area contributed by atoms with Gasteiger partial charge in [0, 0.05) is 32.4 Å². The smallest absolute Gasteiger partial charge is 0.246 e. The molecular formula is C19H26FN3O. The number of pyridine rings is 1. The molecule has 0 unspecified atom stereocenters. The predicted molar refractivity (Wildman–Crippen MR) is 93.2 cm³/mol. The Morgan fingerprint density at radius 3 is 2.54 bits per heavy atom. The summed E-state index contributed by atoms with van der Waals surface area (Å²) in [5.41, 5.74) is 0. The van der Waals surface area contributed by atoms with E-state index in [2.05, 4.69) is 23.7 Å². The molecule has 1 amide bonds. The molecule has 2 aliphatic heterocycles. The summed E-state index contributed by atoms with van der Waals surface area (Å²) in [5, 5.41) is 0. The molecule has 0 spiro atoms. The summed E-state index contributed by atoms with van der Waals surface area (Å²) in [6.45, 7) is 7.40. The van der Waals surface area contributed by atoms with Gasteiger partial charge in [0.15, 0.2) is 11.6 Å². The summed E-state index contributed by atoms with van der Waals surface area (Å²) in [4.78, 5) is 20.5. The summed E-state index contributed by atoms with van der Waals surface area (Å²) in [7, 11) is 0. The van der Waals surface area contributed by atoms with Crippen molar-refractivity contribution < 1.29 is 9.18 Å². The third kappa shape index (κ3) is 3.77. The highest BCUT2D eigenvalue weighted by Crippen LogP contribution is 2.33. The molecule has 3 rings (SSSR count). The second-order valence-electron chi connectivity index (χ2n) is 7.24. The Labute approximate surface area is 143 Å². The van der Waals surface area contributed by atoms with Crippen LogP contribution in [0.25, 0.3) is 0 Å². The van der Waals surface area contributed by atoms with Crippen molar-refractivity contribution in [3.63, 3.8) is 0 Å². The van der Waals surface area contributed by atoms with Crippen molar-refractivity contribution in [2.75, 3.05) is 31.1 Å². The molecule has 2 fully saturated rings. The molecular weight excluding hydrogens is 305 g/mol. The number of aromatic nitrogens is 1. The number of nitrogens with zero attached hydrogens (tertiary/aromatic N) is 3. The molecule has 2 atom stereocenters. The molecule has 1 aromatic rings. The Balaban J connectivity index is 1.60. The lowest BCUT2D eigenvalue weighted by molar-refractivity contribution is -0.125. The molecule has 0 bridgehead atoms. The van der Waals surface area contributed by atoms with Gasteiger partial charge in [0.1, 0.15) is 0 Å². The standard InChI is InChI=1S/C19H26FN3O/c1-14(2)5-6-18(24)23-12-15-7-10-22(11-8-16(15)13-23)19-17(20)4-3-9-21-19/h3-6,9,14-16H,7-8,10-13H2,1-2H3/b6-5+/t15-,16+. The number of allylic oxidation sites excluding steroid dienone is 1. The van der Waals surface area contributed by atoms with E-state index in [1.165, 1.54) is 6.07 Å². The molecule has 3 heterocycles. The summed E-state index contributed by atoms with van der Waals surface area (Å²) in [6, 6.07) is 3.09. The zero-order valence-corrected chi connectivity index (χ0v) is 14.5. The minimum atomic E-state index is -0.250. The van der Waals surface area contributed by atoms with E-state index in [0.29, 0.717) is 23.6 Å². The van der Waals surface area contributed by atoms with Crippen LogP contribution in [-0.4, -0.2) is 42.0 Å². The lowest BCUT2D eigenvalue weighted by Crippen LogP contribution is -2.30. The van der Waals surface area contributed by atoms with Crippen LogP contribution in [0, 0.1) is 23.6 Å². The fourth-order valence-corrected chi connectivity index (χ4v) is 3.73. The summed E-state index contributed by atoms with van der Waals surface area (Å²) in [6.07, 6.45) is 7.29. The first-order chi connectivity index (χ1) is 11.5. The van der Waals surface area contributed by atoms with Crippen LogP contribution in [0.5, 0.6) is 0 Å². The minimum Gasteiger partial charge on any atom is -0.354 e. The van der Waals surface area contributed by atoms with Gasteiger partial charge in [-0.25, -0.2) is 9.37 Å². The van der Waals surface area contributed by atoms with Crippen LogP contribution in [-0.2, 0) is 4.79 Å². The van der Waals surface area contributed by atoms with Gasteiger partial charge in [-0.15, -0.1) is 0 Å². The first-order valence-corrected chi connectivity index (χ1v) is 8.87. The monoisotopic (exact) mass is 331 g/mol. The number of amides is 1. The number of halogens is 1. The Kier molecular flexibility index (Phi) is 5.17. The van der Waals surface area contributed by atoms with E-state index in [4.69, 9.17) is 0 Å². The van der Waals surface area contributed by atoms with Crippen LogP contribution in [0.15, 0.2) is 30.5 Å². The van der Waals surface area contributed by atoms with E-state index in [0.717, 1.165) is 39.0 Å². The molecule has 5 heteroatoms. The molecule has 2 aliphatic rings. The second-order valence-corrected chi connectivity index (χ2v) is 7.24. The highest BCUT2D eigenvalue weighted by atomic mass is 19.1. The van der Waals surface area contributed by atoms with E-state index < -0.39 is 0 Å². The molecule has 0 radical (unpaired) electrons. The van der Waals surface area contributed by atoms with E-state index in [9.17, 15) is 9.18 Å². The van der Waals surface area contributed by atoms with Crippen molar-refractivity contribution in [3.8, 4) is 0 Å². The largest absolute Gasteiger partial charge is 0.354 e. The predicted octanol–water partition coefficient (Wildman–Crippen LogP) is 3.11. The third-order valence-electron chi connectivity index (χ3n) is 5.09. The Hall–Kier alpha value is -1.91. The summed E-state index contributed by atoms with van der Waals surface area (Å²) < 4.78 is 14.0. The van der Waals surface area contributed by atoms with Crippen molar-refractivity contribution >= 4 is 11.7 Å². The van der Waals surface area contributed by atoms with E-state index in [1.807, 2.05) is 11.0 Å². The average molecular weight is 331 g/mol. The van der Waals surface area contributed by atoms with Gasteiger partial charge in [0.2, 0.25) is 5.91 Å². The topological polar surface area (TPSA) is 36.4 Å². The maximum absolute atomic E-state index is 14.0. The van der Waals surface area contributed by atoms with Gasteiger partial charge >= 0.3 is 0 Å². The number of rotatable bonds is 3. The second kappa shape index (κ2) is 7.32. The van der Waals surface area contributed by atoms with Gasteiger partial charge < -0.3 is 9.80 Å². The van der Waals surface area contributed by atoms with Crippen molar-refractivity contribution in [2.24, 2.45) is 17.8 Å². The van der Waals surface area contributed by atoms with Gasteiger partial charge in [-0.05, 0) is 48.8 Å². The summed E-state index contributed by atoms with van der Waals surface area (Å²) in [5.74, 6) is 1.76.